The Kier molecular flexibility index (Phi) is 3.54. The third kappa shape index (κ3) is 2.82. The molecule has 1 amide bonds. The lowest BCUT2D eigenvalue weighted by atomic mass is 9.92. The first-order valence-electron chi connectivity index (χ1n) is 7.79. The van der Waals surface area contributed by atoms with Crippen LogP contribution in [0.5, 0.6) is 0 Å². The minimum atomic E-state index is -0.381. The molecule has 5 nitrogen and oxygen atoms in total. The van der Waals surface area contributed by atoms with Crippen molar-refractivity contribution in [3.05, 3.63) is 52.9 Å². The molecule has 2 aromatic rings. The lowest BCUT2D eigenvalue weighted by molar-refractivity contribution is 0.0815. The molecule has 0 atom stereocenters. The van der Waals surface area contributed by atoms with Crippen LogP contribution in [-0.2, 0) is 6.54 Å². The van der Waals surface area contributed by atoms with E-state index in [1.54, 1.807) is 18.4 Å². The van der Waals surface area contributed by atoms with Crippen molar-refractivity contribution in [2.24, 2.45) is 0 Å². The Morgan fingerprint density at radius 3 is 2.78 bits per heavy atom. The summed E-state index contributed by atoms with van der Waals surface area (Å²) in [7, 11) is 0. The van der Waals surface area contributed by atoms with Gasteiger partial charge in [0.2, 0.25) is 0 Å². The van der Waals surface area contributed by atoms with E-state index in [0.717, 1.165) is 43.9 Å². The van der Waals surface area contributed by atoms with E-state index in [1.807, 2.05) is 18.2 Å². The van der Waals surface area contributed by atoms with E-state index in [-0.39, 0.29) is 11.6 Å². The second-order valence-corrected chi connectivity index (χ2v) is 6.64. The van der Waals surface area contributed by atoms with Crippen molar-refractivity contribution in [1.29, 1.82) is 0 Å². The van der Waals surface area contributed by atoms with Gasteiger partial charge in [-0.2, -0.15) is 0 Å². The number of piperidine rings is 1. The maximum Gasteiger partial charge on any atom is 0.255 e. The zero-order chi connectivity index (χ0) is 15.9. The molecule has 6 heteroatoms. The van der Waals surface area contributed by atoms with Crippen molar-refractivity contribution in [3.8, 4) is 0 Å². The minimum Gasteiger partial charge on any atom is -0.468 e. The molecule has 2 aliphatic heterocycles. The molecule has 4 rings (SSSR count). The molecule has 2 aliphatic rings. The number of furan rings is 1. The number of halogens is 1. The number of rotatable bonds is 2. The number of fused-ring (bicyclic) bond motifs is 1. The Morgan fingerprint density at radius 1 is 1.22 bits per heavy atom. The number of anilines is 1. The fourth-order valence-corrected chi connectivity index (χ4v) is 3.53. The molecule has 0 bridgehead atoms. The Balaban J connectivity index is 1.48. The van der Waals surface area contributed by atoms with Crippen LogP contribution in [0.4, 0.5) is 5.69 Å². The molecule has 120 valence electrons. The van der Waals surface area contributed by atoms with E-state index in [2.05, 4.69) is 15.5 Å². The number of amides is 1. The van der Waals surface area contributed by atoms with Crippen molar-refractivity contribution in [2.75, 3.05) is 18.4 Å². The van der Waals surface area contributed by atoms with Gasteiger partial charge in [0.25, 0.3) is 5.91 Å². The van der Waals surface area contributed by atoms with Crippen molar-refractivity contribution in [2.45, 2.75) is 25.0 Å². The zero-order valence-electron chi connectivity index (χ0n) is 12.6. The van der Waals surface area contributed by atoms with Gasteiger partial charge in [-0.3, -0.25) is 9.69 Å². The summed E-state index contributed by atoms with van der Waals surface area (Å²) in [5.74, 6) is 0.939. The fourth-order valence-electron chi connectivity index (χ4n) is 3.36. The van der Waals surface area contributed by atoms with E-state index < -0.39 is 0 Å². The van der Waals surface area contributed by atoms with Crippen LogP contribution in [0.1, 0.15) is 29.0 Å². The number of likely N-dealkylation sites (tertiary alicyclic amines) is 1. The Morgan fingerprint density at radius 2 is 2.04 bits per heavy atom. The molecule has 0 unspecified atom stereocenters. The summed E-state index contributed by atoms with van der Waals surface area (Å²) in [5, 5.41) is 7.28. The van der Waals surface area contributed by atoms with Crippen LogP contribution in [0.15, 0.2) is 41.0 Å². The van der Waals surface area contributed by atoms with Crippen LogP contribution in [0, 0.1) is 0 Å². The van der Waals surface area contributed by atoms with E-state index in [9.17, 15) is 4.79 Å². The van der Waals surface area contributed by atoms with E-state index in [4.69, 9.17) is 16.0 Å². The second kappa shape index (κ2) is 5.58. The molecular formula is C17H18ClN3O2. The average Bonchev–Trinajstić information content (AvgIpc) is 3.02. The summed E-state index contributed by atoms with van der Waals surface area (Å²) in [4.78, 5) is 14.7. The Hall–Kier alpha value is -1.98. The maximum absolute atomic E-state index is 12.4. The van der Waals surface area contributed by atoms with Crippen molar-refractivity contribution >= 4 is 23.2 Å². The summed E-state index contributed by atoms with van der Waals surface area (Å²) in [6.45, 7) is 2.59. The van der Waals surface area contributed by atoms with Crippen LogP contribution in [0.3, 0.4) is 0 Å². The third-order valence-corrected chi connectivity index (χ3v) is 4.86. The Bertz CT molecular complexity index is 721. The third-order valence-electron chi connectivity index (χ3n) is 4.62. The topological polar surface area (TPSA) is 57.5 Å². The fraction of sp³-hybridized carbons (Fsp3) is 0.353. The highest BCUT2D eigenvalue weighted by Crippen LogP contribution is 2.33. The molecule has 0 aliphatic carbocycles. The lowest BCUT2D eigenvalue weighted by Gasteiger charge is -2.45. The van der Waals surface area contributed by atoms with Gasteiger partial charge in [-0.15, -0.1) is 0 Å². The molecule has 23 heavy (non-hydrogen) atoms. The number of benzene rings is 1. The van der Waals surface area contributed by atoms with Crippen LogP contribution in [0.2, 0.25) is 5.02 Å². The maximum atomic E-state index is 12.4. The molecule has 3 heterocycles. The number of nitrogens with one attached hydrogen (secondary N) is 2. The number of hydrogen-bond acceptors (Lipinski definition) is 4. The van der Waals surface area contributed by atoms with E-state index in [1.165, 1.54) is 0 Å². The van der Waals surface area contributed by atoms with Crippen molar-refractivity contribution in [1.82, 2.24) is 10.2 Å². The first kappa shape index (κ1) is 14.6. The predicted molar refractivity (Wildman–Crippen MR) is 88.5 cm³/mol. The van der Waals surface area contributed by atoms with Crippen LogP contribution >= 0.6 is 11.6 Å². The van der Waals surface area contributed by atoms with E-state index >= 15 is 0 Å². The summed E-state index contributed by atoms with van der Waals surface area (Å²) in [5.41, 5.74) is 1.09. The summed E-state index contributed by atoms with van der Waals surface area (Å²) < 4.78 is 5.41. The first-order valence-corrected chi connectivity index (χ1v) is 8.16. The van der Waals surface area contributed by atoms with Gasteiger partial charge >= 0.3 is 0 Å². The van der Waals surface area contributed by atoms with Crippen molar-refractivity contribution in [3.63, 3.8) is 0 Å². The normalized spacial score (nSPS) is 20.0. The van der Waals surface area contributed by atoms with Gasteiger partial charge in [0.05, 0.1) is 24.1 Å². The molecule has 1 saturated heterocycles. The second-order valence-electron chi connectivity index (χ2n) is 6.21. The first-order chi connectivity index (χ1) is 11.1. The van der Waals surface area contributed by atoms with Gasteiger partial charge in [-0.05, 0) is 30.3 Å². The van der Waals surface area contributed by atoms with Gasteiger partial charge in [-0.1, -0.05) is 11.6 Å². The van der Waals surface area contributed by atoms with Crippen LogP contribution < -0.4 is 10.6 Å². The summed E-state index contributed by atoms with van der Waals surface area (Å²) in [6.07, 6.45) is 3.38. The molecule has 0 saturated carbocycles. The van der Waals surface area contributed by atoms with Gasteiger partial charge in [0, 0.05) is 31.0 Å². The van der Waals surface area contributed by atoms with Gasteiger partial charge in [0.15, 0.2) is 0 Å². The molecule has 0 radical (unpaired) electrons. The summed E-state index contributed by atoms with van der Waals surface area (Å²) in [6, 6.07) is 9.23. The van der Waals surface area contributed by atoms with Gasteiger partial charge in [-0.25, -0.2) is 0 Å². The highest BCUT2D eigenvalue weighted by Gasteiger charge is 2.40. The highest BCUT2D eigenvalue weighted by atomic mass is 35.5. The average molecular weight is 332 g/mol. The lowest BCUT2D eigenvalue weighted by Crippen LogP contribution is -2.62. The van der Waals surface area contributed by atoms with Gasteiger partial charge < -0.3 is 15.1 Å². The van der Waals surface area contributed by atoms with Crippen molar-refractivity contribution < 1.29 is 9.21 Å². The van der Waals surface area contributed by atoms with Crippen LogP contribution in [0.25, 0.3) is 0 Å². The number of carbonyl (C=O) groups excluding carboxylic acids is 1. The molecule has 1 aromatic heterocycles. The Labute approximate surface area is 139 Å². The van der Waals surface area contributed by atoms with Gasteiger partial charge in [0.1, 0.15) is 11.4 Å². The SMILES string of the molecule is O=C1NC2(CCN(Cc3ccco3)CC2)Nc2cc(Cl)ccc21. The van der Waals surface area contributed by atoms with E-state index in [0.29, 0.717) is 10.6 Å². The minimum absolute atomic E-state index is 0.0325. The quantitative estimate of drug-likeness (QED) is 0.888. The van der Waals surface area contributed by atoms with Crippen LogP contribution in [-0.4, -0.2) is 29.6 Å². The molecule has 1 aromatic carbocycles. The standard InChI is InChI=1S/C17H18ClN3O2/c18-12-3-4-14-15(10-12)19-17(20-16(14)22)5-7-21(8-6-17)11-13-2-1-9-23-13/h1-4,9-10,19H,5-8,11H2,(H,20,22). The smallest absolute Gasteiger partial charge is 0.255 e. The highest BCUT2D eigenvalue weighted by molar-refractivity contribution is 6.31. The largest absolute Gasteiger partial charge is 0.468 e. The predicted octanol–water partition coefficient (Wildman–Crippen LogP) is 3.08. The molecule has 1 spiro atoms. The molecule has 1 fully saturated rings. The summed E-state index contributed by atoms with van der Waals surface area (Å²) >= 11 is 6.06. The number of hydrogen-bond donors (Lipinski definition) is 2. The monoisotopic (exact) mass is 331 g/mol. The molecular weight excluding hydrogens is 314 g/mol. The zero-order valence-corrected chi connectivity index (χ0v) is 13.4. The molecule has 2 N–H and O–H groups in total. The number of nitrogens with zero attached hydrogens (tertiary/aromatic N) is 1. The number of carbonyl (C=O) groups is 1.